The van der Waals surface area contributed by atoms with Crippen LogP contribution < -0.4 is 14.2 Å². The van der Waals surface area contributed by atoms with Crippen molar-refractivity contribution < 1.29 is 38.4 Å². The molecule has 0 aliphatic heterocycles. The van der Waals surface area contributed by atoms with Gasteiger partial charge in [-0.15, -0.1) is 0 Å². The Balaban J connectivity index is 2.99. The van der Waals surface area contributed by atoms with Gasteiger partial charge in [0.1, 0.15) is 22.6 Å². The molecule has 1 unspecified atom stereocenters. The average Bonchev–Trinajstić information content (AvgIpc) is 3.19. The molecule has 0 heterocycles. The van der Waals surface area contributed by atoms with Gasteiger partial charge in [0.25, 0.3) is 0 Å². The number of carbonyl (C=O) groups excluding carboxylic acids is 2. The predicted molar refractivity (Wildman–Crippen MR) is 114 cm³/mol. The summed E-state index contributed by atoms with van der Waals surface area (Å²) in [5, 5.41) is 10.7. The van der Waals surface area contributed by atoms with Gasteiger partial charge in [-0.3, -0.25) is 0 Å². The Kier molecular flexibility index (Phi) is 8.56. The monoisotopic (exact) mass is 438 g/mol. The Labute approximate surface area is 183 Å². The van der Waals surface area contributed by atoms with Gasteiger partial charge in [-0.2, -0.15) is 0 Å². The van der Waals surface area contributed by atoms with Gasteiger partial charge in [-0.05, 0) is 37.0 Å². The molecule has 1 aromatic rings. The highest BCUT2D eigenvalue weighted by molar-refractivity contribution is 6.05. The van der Waals surface area contributed by atoms with E-state index in [-0.39, 0.29) is 46.1 Å². The Morgan fingerprint density at radius 3 is 1.68 bits per heavy atom. The lowest BCUT2D eigenvalue weighted by Gasteiger charge is -2.32. The highest BCUT2D eigenvalue weighted by Gasteiger charge is 2.42. The number of aliphatic hydroxyl groups excluding tert-OH is 1. The van der Waals surface area contributed by atoms with Crippen molar-refractivity contribution >= 4 is 11.9 Å². The van der Waals surface area contributed by atoms with E-state index in [0.717, 1.165) is 12.8 Å². The van der Waals surface area contributed by atoms with Gasteiger partial charge in [0.05, 0.1) is 41.7 Å². The summed E-state index contributed by atoms with van der Waals surface area (Å²) in [5.41, 5.74) is 0.529. The molecule has 1 fully saturated rings. The van der Waals surface area contributed by atoms with E-state index < -0.39 is 18.0 Å². The second kappa shape index (κ2) is 10.7. The molecule has 0 amide bonds. The molecule has 1 N–H and O–H groups in total. The van der Waals surface area contributed by atoms with E-state index in [1.54, 1.807) is 0 Å². The first kappa shape index (κ1) is 24.8. The van der Waals surface area contributed by atoms with E-state index in [4.69, 9.17) is 23.7 Å². The highest BCUT2D eigenvalue weighted by atomic mass is 16.5. The van der Waals surface area contributed by atoms with Crippen molar-refractivity contribution in [3.05, 3.63) is 16.7 Å². The van der Waals surface area contributed by atoms with Crippen molar-refractivity contribution in [3.63, 3.8) is 0 Å². The SMILES string of the molecule is COC(=O)c1c(OC)c(C(=O)OC)c(OC)c([C@@H](CC(C)C)[C@H]2CCCC2O)c1OC. The number of aliphatic hydroxyl groups is 1. The first-order valence-corrected chi connectivity index (χ1v) is 10.5. The van der Waals surface area contributed by atoms with Crippen LogP contribution >= 0.6 is 0 Å². The van der Waals surface area contributed by atoms with Gasteiger partial charge in [-0.25, -0.2) is 9.59 Å². The molecular weight excluding hydrogens is 404 g/mol. The minimum Gasteiger partial charge on any atom is -0.495 e. The first-order chi connectivity index (χ1) is 14.8. The Morgan fingerprint density at radius 2 is 1.35 bits per heavy atom. The Morgan fingerprint density at radius 1 is 0.871 bits per heavy atom. The summed E-state index contributed by atoms with van der Waals surface area (Å²) >= 11 is 0. The quantitative estimate of drug-likeness (QED) is 0.584. The van der Waals surface area contributed by atoms with Crippen LogP contribution in [0.1, 0.15) is 71.7 Å². The summed E-state index contributed by atoms with van der Waals surface area (Å²) in [7, 11) is 6.72. The third kappa shape index (κ3) is 4.74. The van der Waals surface area contributed by atoms with Crippen LogP contribution in [0.2, 0.25) is 0 Å². The van der Waals surface area contributed by atoms with Crippen LogP contribution in [0.25, 0.3) is 0 Å². The van der Waals surface area contributed by atoms with Gasteiger partial charge in [0.15, 0.2) is 5.75 Å². The van der Waals surface area contributed by atoms with Crippen LogP contribution in [0.5, 0.6) is 17.2 Å². The number of rotatable bonds is 9. The molecule has 1 aliphatic carbocycles. The number of hydrogen-bond acceptors (Lipinski definition) is 8. The zero-order valence-corrected chi connectivity index (χ0v) is 19.4. The molecule has 8 nitrogen and oxygen atoms in total. The van der Waals surface area contributed by atoms with Crippen LogP contribution in [0, 0.1) is 11.8 Å². The Bertz CT molecular complexity index is 756. The second-order valence-corrected chi connectivity index (χ2v) is 8.14. The molecule has 31 heavy (non-hydrogen) atoms. The van der Waals surface area contributed by atoms with Crippen molar-refractivity contribution in [1.82, 2.24) is 0 Å². The van der Waals surface area contributed by atoms with Crippen molar-refractivity contribution in [2.24, 2.45) is 11.8 Å². The van der Waals surface area contributed by atoms with Crippen molar-refractivity contribution in [2.75, 3.05) is 35.5 Å². The largest absolute Gasteiger partial charge is 0.495 e. The van der Waals surface area contributed by atoms with Gasteiger partial charge in [-0.1, -0.05) is 20.3 Å². The molecule has 1 saturated carbocycles. The lowest BCUT2D eigenvalue weighted by molar-refractivity contribution is 0.0585. The topological polar surface area (TPSA) is 101 Å². The number of benzene rings is 1. The summed E-state index contributed by atoms with van der Waals surface area (Å²) in [5.74, 6) is -1.04. The summed E-state index contributed by atoms with van der Waals surface area (Å²) in [6.07, 6.45) is 2.62. The molecule has 0 radical (unpaired) electrons. The Hall–Kier alpha value is -2.48. The van der Waals surface area contributed by atoms with Gasteiger partial charge < -0.3 is 28.8 Å². The molecule has 1 aromatic carbocycles. The summed E-state index contributed by atoms with van der Waals surface area (Å²) in [4.78, 5) is 25.6. The normalized spacial score (nSPS) is 19.1. The molecular formula is C23H34O8. The number of esters is 2. The zero-order valence-electron chi connectivity index (χ0n) is 19.4. The molecule has 1 aliphatic rings. The highest BCUT2D eigenvalue weighted by Crippen LogP contribution is 2.53. The molecule has 0 saturated heterocycles. The molecule has 8 heteroatoms. The molecule has 0 bridgehead atoms. The van der Waals surface area contributed by atoms with Gasteiger partial charge in [0, 0.05) is 5.56 Å². The second-order valence-electron chi connectivity index (χ2n) is 8.14. The van der Waals surface area contributed by atoms with E-state index in [9.17, 15) is 14.7 Å². The van der Waals surface area contributed by atoms with Gasteiger partial charge in [0.2, 0.25) is 0 Å². The molecule has 174 valence electrons. The minimum absolute atomic E-state index is 0.00931. The summed E-state index contributed by atoms with van der Waals surface area (Å²) < 4.78 is 26.9. The number of hydrogen-bond donors (Lipinski definition) is 1. The van der Waals surface area contributed by atoms with Crippen LogP contribution in [-0.2, 0) is 9.47 Å². The standard InChI is InChI=1S/C23H34O8/c1-12(2)11-14(13-9-8-10-15(13)24)16-19(27-3)17(22(25)30-6)21(29-5)18(20(16)28-4)23(26)31-7/h12-15,24H,8-11H2,1-7H3/t13-,14+,15?/m1/s1. The average molecular weight is 439 g/mol. The smallest absolute Gasteiger partial charge is 0.345 e. The maximum Gasteiger partial charge on any atom is 0.345 e. The maximum absolute atomic E-state index is 12.8. The van der Waals surface area contributed by atoms with E-state index in [0.29, 0.717) is 18.4 Å². The maximum atomic E-state index is 12.8. The number of carbonyl (C=O) groups is 2. The first-order valence-electron chi connectivity index (χ1n) is 10.5. The van der Waals surface area contributed by atoms with Crippen LogP contribution in [0.15, 0.2) is 0 Å². The third-order valence-electron chi connectivity index (χ3n) is 5.93. The van der Waals surface area contributed by atoms with E-state index in [1.165, 1.54) is 35.5 Å². The zero-order chi connectivity index (χ0) is 23.3. The van der Waals surface area contributed by atoms with Crippen molar-refractivity contribution in [3.8, 4) is 17.2 Å². The number of ether oxygens (including phenoxy) is 5. The van der Waals surface area contributed by atoms with Crippen molar-refractivity contribution in [1.29, 1.82) is 0 Å². The lowest BCUT2D eigenvalue weighted by Crippen LogP contribution is -2.25. The van der Waals surface area contributed by atoms with Crippen LogP contribution in [0.4, 0.5) is 0 Å². The fraction of sp³-hybridized carbons (Fsp3) is 0.652. The number of methoxy groups -OCH3 is 5. The fourth-order valence-electron chi connectivity index (χ4n) is 4.70. The summed E-state index contributed by atoms with van der Waals surface area (Å²) in [6, 6.07) is 0. The van der Waals surface area contributed by atoms with E-state index >= 15 is 0 Å². The van der Waals surface area contributed by atoms with Crippen molar-refractivity contribution in [2.45, 2.75) is 51.6 Å². The molecule has 0 aromatic heterocycles. The predicted octanol–water partition coefficient (Wildman–Crippen LogP) is 3.58. The third-order valence-corrected chi connectivity index (χ3v) is 5.93. The fourth-order valence-corrected chi connectivity index (χ4v) is 4.70. The van der Waals surface area contributed by atoms with Crippen LogP contribution in [-0.4, -0.2) is 58.7 Å². The summed E-state index contributed by atoms with van der Waals surface area (Å²) in [6.45, 7) is 4.17. The van der Waals surface area contributed by atoms with E-state index in [2.05, 4.69) is 13.8 Å². The molecule has 0 spiro atoms. The molecule has 2 rings (SSSR count). The van der Waals surface area contributed by atoms with Gasteiger partial charge >= 0.3 is 11.9 Å². The minimum atomic E-state index is -0.710. The van der Waals surface area contributed by atoms with Crippen LogP contribution in [0.3, 0.4) is 0 Å². The lowest BCUT2D eigenvalue weighted by atomic mass is 9.76. The van der Waals surface area contributed by atoms with E-state index in [1.807, 2.05) is 0 Å². The molecule has 3 atom stereocenters.